The number of furan rings is 1. The third-order valence-electron chi connectivity index (χ3n) is 2.48. The summed E-state index contributed by atoms with van der Waals surface area (Å²) in [6.07, 6.45) is 2.09. The van der Waals surface area contributed by atoms with Crippen molar-refractivity contribution in [3.05, 3.63) is 35.8 Å². The molecule has 0 saturated heterocycles. The molecule has 0 radical (unpaired) electrons. The van der Waals surface area contributed by atoms with E-state index in [4.69, 9.17) is 9.52 Å². The molecule has 2 N–H and O–H groups in total. The van der Waals surface area contributed by atoms with Crippen molar-refractivity contribution < 1.29 is 19.1 Å². The molecule has 0 atom stereocenters. The van der Waals surface area contributed by atoms with Crippen LogP contribution >= 0.6 is 0 Å². The van der Waals surface area contributed by atoms with Gasteiger partial charge in [-0.25, -0.2) is 4.79 Å². The fraction of sp³-hybridized carbons (Fsp3) is 0.273. The third-order valence-corrected chi connectivity index (χ3v) is 2.48. The van der Waals surface area contributed by atoms with Gasteiger partial charge in [0.05, 0.1) is 0 Å². The van der Waals surface area contributed by atoms with E-state index >= 15 is 0 Å². The minimum absolute atomic E-state index is 0.0321. The lowest BCUT2D eigenvalue weighted by Gasteiger charge is -2.02. The molecule has 8 nitrogen and oxygen atoms in total. The van der Waals surface area contributed by atoms with Crippen LogP contribution in [0, 0.1) is 0 Å². The summed E-state index contributed by atoms with van der Waals surface area (Å²) in [6.45, 7) is 0.356. The Kier molecular flexibility index (Phi) is 3.60. The predicted octanol–water partition coefficient (Wildman–Crippen LogP) is 0.0788. The van der Waals surface area contributed by atoms with Crippen LogP contribution < -0.4 is 5.32 Å². The van der Waals surface area contributed by atoms with Gasteiger partial charge in [-0.15, -0.1) is 10.2 Å². The smallest absolute Gasteiger partial charge is 0.371 e. The summed E-state index contributed by atoms with van der Waals surface area (Å²) in [6, 6.07) is 2.56. The van der Waals surface area contributed by atoms with E-state index in [1.165, 1.54) is 12.1 Å². The van der Waals surface area contributed by atoms with Crippen LogP contribution in [0.5, 0.6) is 0 Å². The number of amides is 1. The molecule has 0 aromatic carbocycles. The van der Waals surface area contributed by atoms with Crippen LogP contribution in [-0.2, 0) is 13.5 Å². The van der Waals surface area contributed by atoms with Crippen molar-refractivity contribution in [2.75, 3.05) is 6.54 Å². The number of carbonyl (C=O) groups is 2. The molecule has 0 fully saturated rings. The summed E-state index contributed by atoms with van der Waals surface area (Å²) >= 11 is 0. The number of carboxylic acids is 1. The molecule has 19 heavy (non-hydrogen) atoms. The summed E-state index contributed by atoms with van der Waals surface area (Å²) < 4.78 is 6.63. The number of carbonyl (C=O) groups excluding carboxylic acids is 1. The lowest BCUT2D eigenvalue weighted by Crippen LogP contribution is -2.26. The van der Waals surface area contributed by atoms with Crippen LogP contribution in [0.1, 0.15) is 26.9 Å². The Hall–Kier alpha value is -2.64. The predicted molar refractivity (Wildman–Crippen MR) is 62.7 cm³/mol. The van der Waals surface area contributed by atoms with Crippen LogP contribution in [0.4, 0.5) is 0 Å². The van der Waals surface area contributed by atoms with E-state index < -0.39 is 11.9 Å². The first-order valence-corrected chi connectivity index (χ1v) is 5.52. The Morgan fingerprint density at radius 2 is 2.16 bits per heavy atom. The summed E-state index contributed by atoms with van der Waals surface area (Å²) in [4.78, 5) is 22.3. The Labute approximate surface area is 108 Å². The molecule has 0 spiro atoms. The maximum atomic E-state index is 11.7. The first kappa shape index (κ1) is 12.8. The Morgan fingerprint density at radius 3 is 2.74 bits per heavy atom. The highest BCUT2D eigenvalue weighted by atomic mass is 16.4. The van der Waals surface area contributed by atoms with E-state index in [2.05, 4.69) is 15.5 Å². The Morgan fingerprint density at radius 1 is 1.42 bits per heavy atom. The zero-order valence-corrected chi connectivity index (χ0v) is 10.2. The number of aromatic nitrogens is 3. The van der Waals surface area contributed by atoms with Crippen LogP contribution in [0.2, 0.25) is 0 Å². The van der Waals surface area contributed by atoms with Gasteiger partial charge in [0.15, 0.2) is 5.76 Å². The van der Waals surface area contributed by atoms with E-state index in [1.807, 2.05) is 7.05 Å². The highest BCUT2D eigenvalue weighted by Gasteiger charge is 2.14. The average Bonchev–Trinajstić information content (AvgIpc) is 2.98. The minimum atomic E-state index is -1.21. The molecule has 1 amide bonds. The lowest BCUT2D eigenvalue weighted by atomic mass is 10.3. The van der Waals surface area contributed by atoms with Gasteiger partial charge in [0.2, 0.25) is 5.76 Å². The summed E-state index contributed by atoms with van der Waals surface area (Å²) in [7, 11) is 1.81. The molecule has 2 heterocycles. The average molecular weight is 264 g/mol. The number of hydrogen-bond donors (Lipinski definition) is 2. The molecular formula is C11H12N4O4. The highest BCUT2D eigenvalue weighted by Crippen LogP contribution is 2.07. The van der Waals surface area contributed by atoms with Crippen LogP contribution in [0.3, 0.4) is 0 Å². The van der Waals surface area contributed by atoms with Crippen molar-refractivity contribution in [1.82, 2.24) is 20.1 Å². The van der Waals surface area contributed by atoms with Gasteiger partial charge < -0.3 is 19.4 Å². The van der Waals surface area contributed by atoms with Gasteiger partial charge in [0.1, 0.15) is 12.2 Å². The van der Waals surface area contributed by atoms with Gasteiger partial charge in [-0.3, -0.25) is 4.79 Å². The van der Waals surface area contributed by atoms with E-state index in [0.717, 1.165) is 5.82 Å². The maximum Gasteiger partial charge on any atom is 0.371 e. The van der Waals surface area contributed by atoms with Crippen molar-refractivity contribution >= 4 is 11.9 Å². The Balaban J connectivity index is 1.87. The normalized spacial score (nSPS) is 10.4. The molecule has 2 aromatic rings. The Bertz CT molecular complexity index is 601. The number of aromatic carboxylic acids is 1. The highest BCUT2D eigenvalue weighted by molar-refractivity contribution is 5.93. The van der Waals surface area contributed by atoms with Crippen molar-refractivity contribution in [3.8, 4) is 0 Å². The molecule has 2 aromatic heterocycles. The fourth-order valence-electron chi connectivity index (χ4n) is 1.48. The third kappa shape index (κ3) is 2.97. The largest absolute Gasteiger partial charge is 0.475 e. The molecular weight excluding hydrogens is 252 g/mol. The topological polar surface area (TPSA) is 110 Å². The second-order valence-electron chi connectivity index (χ2n) is 3.83. The monoisotopic (exact) mass is 264 g/mol. The van der Waals surface area contributed by atoms with E-state index in [0.29, 0.717) is 13.0 Å². The molecule has 0 unspecified atom stereocenters. The first-order chi connectivity index (χ1) is 9.08. The van der Waals surface area contributed by atoms with Crippen molar-refractivity contribution in [2.24, 2.45) is 7.05 Å². The summed E-state index contributed by atoms with van der Waals surface area (Å²) in [5.41, 5.74) is 0. The van der Waals surface area contributed by atoms with Gasteiger partial charge >= 0.3 is 5.97 Å². The second-order valence-corrected chi connectivity index (χ2v) is 3.83. The van der Waals surface area contributed by atoms with Gasteiger partial charge in [-0.05, 0) is 12.1 Å². The summed E-state index contributed by atoms with van der Waals surface area (Å²) in [5.74, 6) is -1.23. The molecule has 100 valence electrons. The van der Waals surface area contributed by atoms with Gasteiger partial charge in [-0.1, -0.05) is 0 Å². The number of rotatable bonds is 5. The molecule has 0 aliphatic carbocycles. The van der Waals surface area contributed by atoms with Crippen molar-refractivity contribution in [1.29, 1.82) is 0 Å². The second kappa shape index (κ2) is 5.34. The summed E-state index contributed by atoms with van der Waals surface area (Å²) in [5, 5.41) is 18.9. The number of nitrogens with zero attached hydrogens (tertiary/aromatic N) is 3. The molecule has 0 saturated carbocycles. The number of nitrogens with one attached hydrogen (secondary N) is 1. The zero-order chi connectivity index (χ0) is 13.8. The lowest BCUT2D eigenvalue weighted by molar-refractivity contribution is 0.0659. The quantitative estimate of drug-likeness (QED) is 0.791. The molecule has 0 aliphatic rings. The molecule has 0 aliphatic heterocycles. The zero-order valence-electron chi connectivity index (χ0n) is 10.2. The maximum absolute atomic E-state index is 11.7. The van der Waals surface area contributed by atoms with Crippen LogP contribution in [0.25, 0.3) is 0 Å². The van der Waals surface area contributed by atoms with E-state index in [-0.39, 0.29) is 11.5 Å². The van der Waals surface area contributed by atoms with Crippen molar-refractivity contribution in [3.63, 3.8) is 0 Å². The SMILES string of the molecule is Cn1cnnc1CCNC(=O)c1ccc(C(=O)O)o1. The number of carboxylic acid groups (broad SMARTS) is 1. The minimum Gasteiger partial charge on any atom is -0.475 e. The standard InChI is InChI=1S/C11H12N4O4/c1-15-6-13-14-9(15)4-5-12-10(16)7-2-3-8(19-7)11(17)18/h2-3,6H,4-5H2,1H3,(H,12,16)(H,17,18). The van der Waals surface area contributed by atoms with Gasteiger partial charge in [-0.2, -0.15) is 0 Å². The fourth-order valence-corrected chi connectivity index (χ4v) is 1.48. The van der Waals surface area contributed by atoms with Gasteiger partial charge in [0.25, 0.3) is 5.91 Å². The van der Waals surface area contributed by atoms with Crippen LogP contribution in [0.15, 0.2) is 22.9 Å². The van der Waals surface area contributed by atoms with E-state index in [9.17, 15) is 9.59 Å². The first-order valence-electron chi connectivity index (χ1n) is 5.52. The van der Waals surface area contributed by atoms with Gasteiger partial charge in [0, 0.05) is 20.0 Å². The molecule has 8 heteroatoms. The van der Waals surface area contributed by atoms with Crippen LogP contribution in [-0.4, -0.2) is 38.3 Å². The van der Waals surface area contributed by atoms with Crippen molar-refractivity contribution in [2.45, 2.75) is 6.42 Å². The van der Waals surface area contributed by atoms with E-state index in [1.54, 1.807) is 10.9 Å². The number of hydrogen-bond acceptors (Lipinski definition) is 5. The molecule has 0 bridgehead atoms. The molecule has 2 rings (SSSR count). The number of aryl methyl sites for hydroxylation is 1.